The minimum absolute atomic E-state index is 0.317. The highest BCUT2D eigenvalue weighted by Crippen LogP contribution is 2.36. The normalized spacial score (nSPS) is 26.6. The number of rotatable bonds is 3. The van der Waals surface area contributed by atoms with Gasteiger partial charge >= 0.3 is 0 Å². The first kappa shape index (κ1) is 11.7. The highest BCUT2D eigenvalue weighted by atomic mass is 16.3. The van der Waals surface area contributed by atoms with E-state index in [9.17, 15) is 0 Å². The van der Waals surface area contributed by atoms with Gasteiger partial charge in [-0.3, -0.25) is 0 Å². The smallest absolute Gasteiger partial charge is 0.120 e. The first-order valence-corrected chi connectivity index (χ1v) is 6.39. The molecule has 1 aliphatic rings. The summed E-state index contributed by atoms with van der Waals surface area (Å²) in [7, 11) is 0. The molecule has 1 aromatic heterocycles. The van der Waals surface area contributed by atoms with Crippen LogP contribution in [-0.4, -0.2) is 6.04 Å². The highest BCUT2D eigenvalue weighted by Gasteiger charge is 2.33. The van der Waals surface area contributed by atoms with Crippen molar-refractivity contribution < 1.29 is 4.42 Å². The van der Waals surface area contributed by atoms with Crippen molar-refractivity contribution in [1.29, 1.82) is 0 Å². The van der Waals surface area contributed by atoms with Crippen molar-refractivity contribution in [1.82, 2.24) is 5.32 Å². The first-order chi connectivity index (χ1) is 7.59. The van der Waals surface area contributed by atoms with Gasteiger partial charge in [0.25, 0.3) is 0 Å². The van der Waals surface area contributed by atoms with Crippen molar-refractivity contribution in [3.05, 3.63) is 24.2 Å². The second-order valence-electron chi connectivity index (χ2n) is 5.69. The molecule has 2 nitrogen and oxygen atoms in total. The summed E-state index contributed by atoms with van der Waals surface area (Å²) in [6, 6.07) is 4.94. The fourth-order valence-corrected chi connectivity index (χ4v) is 2.72. The summed E-state index contributed by atoms with van der Waals surface area (Å²) >= 11 is 0. The van der Waals surface area contributed by atoms with Gasteiger partial charge in [0, 0.05) is 6.04 Å². The van der Waals surface area contributed by atoms with E-state index in [4.69, 9.17) is 4.42 Å². The second-order valence-corrected chi connectivity index (χ2v) is 5.69. The van der Waals surface area contributed by atoms with Gasteiger partial charge in [-0.25, -0.2) is 0 Å². The lowest BCUT2D eigenvalue weighted by molar-refractivity contribution is 0.153. The van der Waals surface area contributed by atoms with E-state index >= 15 is 0 Å². The Labute approximate surface area is 98.4 Å². The molecule has 2 rings (SSSR count). The minimum atomic E-state index is 0.317. The van der Waals surface area contributed by atoms with E-state index in [0.717, 1.165) is 5.76 Å². The maximum atomic E-state index is 5.44. The molecular weight excluding hydrogens is 198 g/mol. The van der Waals surface area contributed by atoms with Crippen molar-refractivity contribution >= 4 is 0 Å². The van der Waals surface area contributed by atoms with Crippen LogP contribution in [0.25, 0.3) is 0 Å². The van der Waals surface area contributed by atoms with Gasteiger partial charge in [-0.1, -0.05) is 26.7 Å². The fraction of sp³-hybridized carbons (Fsp3) is 0.714. The molecule has 0 bridgehead atoms. The van der Waals surface area contributed by atoms with Crippen LogP contribution in [0.2, 0.25) is 0 Å². The zero-order valence-electron chi connectivity index (χ0n) is 10.6. The average Bonchev–Trinajstić information content (AvgIpc) is 2.74. The van der Waals surface area contributed by atoms with Crippen LogP contribution in [0.1, 0.15) is 58.3 Å². The number of hydrogen-bond acceptors (Lipinski definition) is 2. The summed E-state index contributed by atoms with van der Waals surface area (Å²) in [5, 5.41) is 3.72. The zero-order chi connectivity index (χ0) is 11.6. The molecule has 0 amide bonds. The lowest BCUT2D eigenvalue weighted by atomic mass is 9.73. The fourth-order valence-electron chi connectivity index (χ4n) is 2.72. The van der Waals surface area contributed by atoms with Gasteiger partial charge in [-0.15, -0.1) is 0 Å². The third-order valence-electron chi connectivity index (χ3n) is 3.93. The standard InChI is InChI=1S/C14H23NO/c1-11(12-7-6-10-16-12)15-13-8-4-5-9-14(13,2)3/h6-7,10-11,13,15H,4-5,8-9H2,1-3H3. The summed E-state index contributed by atoms with van der Waals surface area (Å²) in [5.41, 5.74) is 0.416. The van der Waals surface area contributed by atoms with Crippen molar-refractivity contribution in [2.24, 2.45) is 5.41 Å². The minimum Gasteiger partial charge on any atom is -0.468 e. The Balaban J connectivity index is 1.98. The van der Waals surface area contributed by atoms with E-state index in [1.807, 2.05) is 12.1 Å². The monoisotopic (exact) mass is 221 g/mol. The molecule has 1 aromatic rings. The van der Waals surface area contributed by atoms with E-state index in [-0.39, 0.29) is 0 Å². The molecule has 2 unspecified atom stereocenters. The SMILES string of the molecule is CC(NC1CCCCC1(C)C)c1ccco1. The molecular formula is C14H23NO. The Morgan fingerprint density at radius 2 is 2.25 bits per heavy atom. The third kappa shape index (κ3) is 2.49. The zero-order valence-corrected chi connectivity index (χ0v) is 10.6. The van der Waals surface area contributed by atoms with Gasteiger partial charge in [0.15, 0.2) is 0 Å². The Morgan fingerprint density at radius 3 is 2.88 bits per heavy atom. The highest BCUT2D eigenvalue weighted by molar-refractivity contribution is 5.04. The molecule has 16 heavy (non-hydrogen) atoms. The Morgan fingerprint density at radius 1 is 1.44 bits per heavy atom. The number of nitrogens with one attached hydrogen (secondary N) is 1. The largest absolute Gasteiger partial charge is 0.468 e. The van der Waals surface area contributed by atoms with E-state index in [1.165, 1.54) is 25.7 Å². The third-order valence-corrected chi connectivity index (χ3v) is 3.93. The van der Waals surface area contributed by atoms with Gasteiger partial charge in [-0.2, -0.15) is 0 Å². The molecule has 1 saturated carbocycles. The van der Waals surface area contributed by atoms with E-state index in [2.05, 4.69) is 26.1 Å². The molecule has 1 N–H and O–H groups in total. The van der Waals surface area contributed by atoms with Gasteiger partial charge in [0.2, 0.25) is 0 Å². The average molecular weight is 221 g/mol. The van der Waals surface area contributed by atoms with Gasteiger partial charge < -0.3 is 9.73 Å². The second kappa shape index (κ2) is 4.62. The summed E-state index contributed by atoms with van der Waals surface area (Å²) in [4.78, 5) is 0. The quantitative estimate of drug-likeness (QED) is 0.837. The summed E-state index contributed by atoms with van der Waals surface area (Å²) in [6.45, 7) is 6.93. The van der Waals surface area contributed by atoms with Crippen molar-refractivity contribution in [3.8, 4) is 0 Å². The summed E-state index contributed by atoms with van der Waals surface area (Å²) in [5.74, 6) is 1.04. The van der Waals surface area contributed by atoms with Crippen molar-refractivity contribution in [3.63, 3.8) is 0 Å². The molecule has 1 heterocycles. The molecule has 0 saturated heterocycles. The van der Waals surface area contributed by atoms with Crippen molar-refractivity contribution in [2.45, 2.75) is 58.5 Å². The first-order valence-electron chi connectivity index (χ1n) is 6.39. The summed E-state index contributed by atoms with van der Waals surface area (Å²) < 4.78 is 5.44. The Hall–Kier alpha value is -0.760. The topological polar surface area (TPSA) is 25.2 Å². The predicted octanol–water partition coefficient (Wildman–Crippen LogP) is 3.90. The lowest BCUT2D eigenvalue weighted by Gasteiger charge is -2.40. The predicted molar refractivity (Wildman–Crippen MR) is 66.3 cm³/mol. The van der Waals surface area contributed by atoms with Gasteiger partial charge in [-0.05, 0) is 37.3 Å². The van der Waals surface area contributed by atoms with E-state index < -0.39 is 0 Å². The van der Waals surface area contributed by atoms with Crippen LogP contribution in [0.3, 0.4) is 0 Å². The van der Waals surface area contributed by atoms with Crippen LogP contribution in [0.4, 0.5) is 0 Å². The molecule has 2 heteroatoms. The van der Waals surface area contributed by atoms with Crippen LogP contribution in [-0.2, 0) is 0 Å². The molecule has 0 aliphatic heterocycles. The molecule has 1 fully saturated rings. The van der Waals surface area contributed by atoms with Crippen LogP contribution in [0, 0.1) is 5.41 Å². The van der Waals surface area contributed by atoms with Crippen molar-refractivity contribution in [2.75, 3.05) is 0 Å². The van der Waals surface area contributed by atoms with Crippen LogP contribution < -0.4 is 5.32 Å². The van der Waals surface area contributed by atoms with Gasteiger partial charge in [0.05, 0.1) is 12.3 Å². The molecule has 1 aliphatic carbocycles. The lowest BCUT2D eigenvalue weighted by Crippen LogP contribution is -2.45. The van der Waals surface area contributed by atoms with Gasteiger partial charge in [0.1, 0.15) is 5.76 Å². The molecule has 90 valence electrons. The Bertz CT molecular complexity index is 315. The number of hydrogen-bond donors (Lipinski definition) is 1. The molecule has 2 atom stereocenters. The summed E-state index contributed by atoms with van der Waals surface area (Å²) in [6.07, 6.45) is 7.10. The maximum Gasteiger partial charge on any atom is 0.120 e. The van der Waals surface area contributed by atoms with Crippen LogP contribution >= 0.6 is 0 Å². The van der Waals surface area contributed by atoms with E-state index in [1.54, 1.807) is 6.26 Å². The van der Waals surface area contributed by atoms with Crippen LogP contribution in [0.5, 0.6) is 0 Å². The number of furan rings is 1. The van der Waals surface area contributed by atoms with Crippen LogP contribution in [0.15, 0.2) is 22.8 Å². The molecule has 0 radical (unpaired) electrons. The maximum absolute atomic E-state index is 5.44. The Kier molecular flexibility index (Phi) is 3.38. The molecule has 0 aromatic carbocycles. The van der Waals surface area contributed by atoms with E-state index in [0.29, 0.717) is 17.5 Å². The molecule has 0 spiro atoms.